The third-order valence-corrected chi connectivity index (χ3v) is 3.78. The van der Waals surface area contributed by atoms with Crippen molar-refractivity contribution in [1.29, 1.82) is 0 Å². The molecular weight excluding hydrogens is 256 g/mol. The predicted molar refractivity (Wildman–Crippen MR) is 66.6 cm³/mol. The molecule has 0 saturated heterocycles. The first kappa shape index (κ1) is 13.4. The molecule has 1 N–H and O–H groups in total. The van der Waals surface area contributed by atoms with Gasteiger partial charge in [0.1, 0.15) is 6.61 Å². The fraction of sp³-hybridized carbons (Fsp3) is 0.667. The van der Waals surface area contributed by atoms with Gasteiger partial charge in [0.2, 0.25) is 0 Å². The normalized spacial score (nSPS) is 17.9. The van der Waals surface area contributed by atoms with E-state index in [4.69, 9.17) is 20.9 Å². The molecule has 1 heterocycles. The number of ether oxygens (including phenoxy) is 1. The number of nitrogens with zero attached hydrogens (tertiary/aromatic N) is 1. The fourth-order valence-electron chi connectivity index (χ4n) is 2.28. The Kier molecular flexibility index (Phi) is 4.24. The van der Waals surface area contributed by atoms with Gasteiger partial charge in [0, 0.05) is 19.1 Å². The van der Waals surface area contributed by atoms with Crippen molar-refractivity contribution in [3.05, 3.63) is 17.5 Å². The van der Waals surface area contributed by atoms with Crippen molar-refractivity contribution < 1.29 is 14.1 Å². The maximum Gasteiger partial charge on any atom is 0.273 e. The first-order valence-electron chi connectivity index (χ1n) is 6.02. The van der Waals surface area contributed by atoms with Crippen LogP contribution in [0.1, 0.15) is 41.9 Å². The number of hydrogen-bond donors (Lipinski definition) is 1. The smallest absolute Gasteiger partial charge is 0.273 e. The number of rotatable bonds is 5. The van der Waals surface area contributed by atoms with Gasteiger partial charge in [-0.1, -0.05) is 18.0 Å². The summed E-state index contributed by atoms with van der Waals surface area (Å²) < 4.78 is 9.90. The Hall–Kier alpha value is -1.07. The summed E-state index contributed by atoms with van der Waals surface area (Å²) in [7, 11) is 1.56. The number of amides is 1. The molecule has 1 aromatic rings. The van der Waals surface area contributed by atoms with Gasteiger partial charge < -0.3 is 14.6 Å². The lowest BCUT2D eigenvalue weighted by Crippen LogP contribution is -2.48. The molecular formula is C12H17ClN2O3. The summed E-state index contributed by atoms with van der Waals surface area (Å²) in [5, 5.41) is 6.71. The minimum absolute atomic E-state index is 0.233. The van der Waals surface area contributed by atoms with Crippen molar-refractivity contribution in [2.75, 3.05) is 13.0 Å². The number of nitrogens with one attached hydrogen (secondary N) is 1. The summed E-state index contributed by atoms with van der Waals surface area (Å²) in [6.07, 6.45) is 4.04. The van der Waals surface area contributed by atoms with Crippen molar-refractivity contribution in [3.8, 4) is 0 Å². The molecule has 0 aliphatic heterocycles. The molecule has 0 radical (unpaired) electrons. The van der Waals surface area contributed by atoms with E-state index in [0.29, 0.717) is 18.2 Å². The summed E-state index contributed by atoms with van der Waals surface area (Å²) in [4.78, 5) is 12.0. The molecule has 1 fully saturated rings. The Balaban J connectivity index is 2.02. The van der Waals surface area contributed by atoms with Crippen LogP contribution in [0.2, 0.25) is 0 Å². The van der Waals surface area contributed by atoms with Crippen molar-refractivity contribution in [1.82, 2.24) is 10.5 Å². The topological polar surface area (TPSA) is 64.4 Å². The number of hydrogen-bond acceptors (Lipinski definition) is 4. The van der Waals surface area contributed by atoms with Crippen LogP contribution in [0, 0.1) is 0 Å². The van der Waals surface area contributed by atoms with E-state index in [2.05, 4.69) is 10.5 Å². The maximum atomic E-state index is 12.0. The van der Waals surface area contributed by atoms with Crippen LogP contribution >= 0.6 is 11.6 Å². The van der Waals surface area contributed by atoms with Gasteiger partial charge in [-0.2, -0.15) is 0 Å². The van der Waals surface area contributed by atoms with Crippen molar-refractivity contribution in [3.63, 3.8) is 0 Å². The molecule has 1 aliphatic carbocycles. The highest BCUT2D eigenvalue weighted by atomic mass is 35.5. The monoisotopic (exact) mass is 272 g/mol. The number of methoxy groups -OCH3 is 1. The SMILES string of the molecule is COCc1cc(C(=O)NC2(CCl)CCCC2)no1. The van der Waals surface area contributed by atoms with Crippen molar-refractivity contribution >= 4 is 17.5 Å². The molecule has 5 nitrogen and oxygen atoms in total. The average Bonchev–Trinajstić information content (AvgIpc) is 2.99. The van der Waals surface area contributed by atoms with Crippen molar-refractivity contribution in [2.24, 2.45) is 0 Å². The van der Waals surface area contributed by atoms with Gasteiger partial charge in [0.15, 0.2) is 11.5 Å². The lowest BCUT2D eigenvalue weighted by Gasteiger charge is -2.27. The van der Waals surface area contributed by atoms with Crippen LogP contribution in [0.3, 0.4) is 0 Å². The first-order valence-corrected chi connectivity index (χ1v) is 6.55. The second-order valence-corrected chi connectivity index (χ2v) is 4.95. The molecule has 0 atom stereocenters. The summed E-state index contributed by atoms with van der Waals surface area (Å²) in [6.45, 7) is 0.306. The van der Waals surface area contributed by atoms with Gasteiger partial charge in [0.05, 0.1) is 5.54 Å². The quantitative estimate of drug-likeness (QED) is 0.834. The predicted octanol–water partition coefficient (Wildman–Crippen LogP) is 2.10. The first-order chi connectivity index (χ1) is 8.69. The third-order valence-electron chi connectivity index (χ3n) is 3.27. The number of aromatic nitrogens is 1. The molecule has 18 heavy (non-hydrogen) atoms. The summed E-state index contributed by atoms with van der Waals surface area (Å²) >= 11 is 5.97. The molecule has 2 rings (SSSR count). The highest BCUT2D eigenvalue weighted by molar-refractivity contribution is 6.19. The second-order valence-electron chi connectivity index (χ2n) is 4.69. The molecule has 1 aliphatic rings. The summed E-state index contributed by atoms with van der Waals surface area (Å²) in [5.74, 6) is 0.735. The largest absolute Gasteiger partial charge is 0.377 e. The van der Waals surface area contributed by atoms with Crippen LogP contribution in [0.5, 0.6) is 0 Å². The maximum absolute atomic E-state index is 12.0. The highest BCUT2D eigenvalue weighted by Gasteiger charge is 2.35. The van der Waals surface area contributed by atoms with Gasteiger partial charge >= 0.3 is 0 Å². The van der Waals surface area contributed by atoms with Gasteiger partial charge in [-0.05, 0) is 12.8 Å². The van der Waals surface area contributed by atoms with Crippen LogP contribution in [0.15, 0.2) is 10.6 Å². The molecule has 0 spiro atoms. The zero-order valence-electron chi connectivity index (χ0n) is 10.4. The number of alkyl halides is 1. The lowest BCUT2D eigenvalue weighted by molar-refractivity contribution is 0.0899. The summed E-state index contributed by atoms with van der Waals surface area (Å²) in [6, 6.07) is 1.59. The molecule has 1 saturated carbocycles. The lowest BCUT2D eigenvalue weighted by atomic mass is 10.0. The Morgan fingerprint density at radius 2 is 2.33 bits per heavy atom. The van der Waals surface area contributed by atoms with E-state index >= 15 is 0 Å². The fourth-order valence-corrected chi connectivity index (χ4v) is 2.61. The zero-order chi connectivity index (χ0) is 13.0. The Bertz CT molecular complexity index is 413. The second kappa shape index (κ2) is 5.71. The van der Waals surface area contributed by atoms with Crippen LogP contribution in [0.25, 0.3) is 0 Å². The van der Waals surface area contributed by atoms with Gasteiger partial charge in [-0.25, -0.2) is 0 Å². The van der Waals surface area contributed by atoms with Gasteiger partial charge in [0.25, 0.3) is 5.91 Å². The van der Waals surface area contributed by atoms with Crippen LogP contribution in [0.4, 0.5) is 0 Å². The molecule has 0 aromatic carbocycles. The van der Waals surface area contributed by atoms with Crippen molar-refractivity contribution in [2.45, 2.75) is 37.8 Å². The van der Waals surface area contributed by atoms with Crippen LogP contribution < -0.4 is 5.32 Å². The zero-order valence-corrected chi connectivity index (χ0v) is 11.1. The van der Waals surface area contributed by atoms with E-state index in [0.717, 1.165) is 25.7 Å². The van der Waals surface area contributed by atoms with E-state index in [1.165, 1.54) is 0 Å². The standard InChI is InChI=1S/C12H17ClN2O3/c1-17-7-9-6-10(15-18-9)11(16)14-12(8-13)4-2-3-5-12/h6H,2-5,7-8H2,1H3,(H,14,16). The Labute approximate surface area is 111 Å². The Morgan fingerprint density at radius 1 is 1.61 bits per heavy atom. The van der Waals surface area contributed by atoms with Crippen LogP contribution in [-0.4, -0.2) is 29.6 Å². The van der Waals surface area contributed by atoms with E-state index in [9.17, 15) is 4.79 Å². The van der Waals surface area contributed by atoms with Crippen LogP contribution in [-0.2, 0) is 11.3 Å². The summed E-state index contributed by atoms with van der Waals surface area (Å²) in [5.41, 5.74) is -0.00243. The minimum atomic E-state index is -0.279. The third kappa shape index (κ3) is 2.84. The highest BCUT2D eigenvalue weighted by Crippen LogP contribution is 2.30. The molecule has 0 bridgehead atoms. The van der Waals surface area contributed by atoms with E-state index < -0.39 is 0 Å². The van der Waals surface area contributed by atoms with E-state index in [1.54, 1.807) is 13.2 Å². The van der Waals surface area contributed by atoms with E-state index in [-0.39, 0.29) is 17.1 Å². The molecule has 1 amide bonds. The molecule has 6 heteroatoms. The van der Waals surface area contributed by atoms with Gasteiger partial charge in [-0.15, -0.1) is 11.6 Å². The molecule has 1 aromatic heterocycles. The molecule has 0 unspecified atom stereocenters. The number of halogens is 1. The average molecular weight is 273 g/mol. The van der Waals surface area contributed by atoms with E-state index in [1.807, 2.05) is 0 Å². The molecule has 100 valence electrons. The number of carbonyl (C=O) groups is 1. The Morgan fingerprint density at radius 3 is 2.94 bits per heavy atom. The van der Waals surface area contributed by atoms with Gasteiger partial charge in [-0.3, -0.25) is 4.79 Å². The number of carbonyl (C=O) groups excluding carboxylic acids is 1. The minimum Gasteiger partial charge on any atom is -0.377 e.